The maximum atomic E-state index is 13.2. The molecule has 0 bridgehead atoms. The van der Waals surface area contributed by atoms with Crippen molar-refractivity contribution in [2.24, 2.45) is 5.41 Å². The molecule has 3 aromatic rings. The molecule has 2 aliphatic rings. The highest BCUT2D eigenvalue weighted by Crippen LogP contribution is 2.39. The van der Waals surface area contributed by atoms with Crippen molar-refractivity contribution < 1.29 is 4.79 Å². The fourth-order valence-electron chi connectivity index (χ4n) is 5.46. The largest absolute Gasteiger partial charge is 0.338 e. The van der Waals surface area contributed by atoms with Crippen LogP contribution in [0.5, 0.6) is 0 Å². The second-order valence-electron chi connectivity index (χ2n) is 9.36. The van der Waals surface area contributed by atoms with E-state index in [9.17, 15) is 4.79 Å². The standard InChI is InChI=1S/C27H31N3O/c31-26(24-18-23-11-4-5-12-25(23)28-19-24)30-17-14-27(21-30)13-7-16-29(20-27)15-6-10-22-8-2-1-3-9-22/h1-5,8-9,11-12,18-19H,6-7,10,13-17,20-21H2/t27-/m0/s1. The normalized spacial score (nSPS) is 21.7. The first-order valence-electron chi connectivity index (χ1n) is 11.6. The minimum Gasteiger partial charge on any atom is -0.338 e. The third-order valence-corrected chi connectivity index (χ3v) is 7.09. The van der Waals surface area contributed by atoms with E-state index in [2.05, 4.69) is 45.1 Å². The molecule has 0 saturated carbocycles. The summed E-state index contributed by atoms with van der Waals surface area (Å²) in [6, 6.07) is 20.8. The Morgan fingerprint density at radius 3 is 2.71 bits per heavy atom. The van der Waals surface area contributed by atoms with Gasteiger partial charge >= 0.3 is 0 Å². The number of fused-ring (bicyclic) bond motifs is 1. The van der Waals surface area contributed by atoms with Gasteiger partial charge < -0.3 is 9.80 Å². The zero-order valence-corrected chi connectivity index (χ0v) is 18.2. The fraction of sp³-hybridized carbons (Fsp3) is 0.407. The summed E-state index contributed by atoms with van der Waals surface area (Å²) in [6.07, 6.45) is 7.68. The Labute approximate surface area is 184 Å². The van der Waals surface area contributed by atoms with Crippen LogP contribution < -0.4 is 0 Å². The second kappa shape index (κ2) is 8.80. The number of para-hydroxylation sites is 1. The van der Waals surface area contributed by atoms with Gasteiger partial charge in [-0.15, -0.1) is 0 Å². The summed E-state index contributed by atoms with van der Waals surface area (Å²) in [6.45, 7) is 5.22. The minimum atomic E-state index is 0.135. The predicted octanol–water partition coefficient (Wildman–Crippen LogP) is 4.80. The molecule has 5 rings (SSSR count). The molecular weight excluding hydrogens is 382 g/mol. The summed E-state index contributed by atoms with van der Waals surface area (Å²) < 4.78 is 0. The summed E-state index contributed by atoms with van der Waals surface area (Å²) in [5.74, 6) is 0.135. The number of nitrogens with zero attached hydrogens (tertiary/aromatic N) is 3. The topological polar surface area (TPSA) is 36.4 Å². The van der Waals surface area contributed by atoms with Gasteiger partial charge in [0.2, 0.25) is 0 Å². The highest BCUT2D eigenvalue weighted by atomic mass is 16.2. The smallest absolute Gasteiger partial charge is 0.255 e. The molecule has 0 radical (unpaired) electrons. The lowest BCUT2D eigenvalue weighted by Gasteiger charge is -2.40. The number of likely N-dealkylation sites (tertiary alicyclic amines) is 2. The zero-order valence-electron chi connectivity index (χ0n) is 18.2. The van der Waals surface area contributed by atoms with Crippen LogP contribution in [0.1, 0.15) is 41.6 Å². The number of hydrogen-bond donors (Lipinski definition) is 0. The van der Waals surface area contributed by atoms with E-state index in [0.29, 0.717) is 5.56 Å². The molecule has 160 valence electrons. The summed E-state index contributed by atoms with van der Waals surface area (Å²) >= 11 is 0. The molecule has 0 aliphatic carbocycles. The van der Waals surface area contributed by atoms with E-state index in [4.69, 9.17) is 0 Å². The quantitative estimate of drug-likeness (QED) is 0.603. The van der Waals surface area contributed by atoms with Gasteiger partial charge in [0.1, 0.15) is 0 Å². The maximum absolute atomic E-state index is 13.2. The van der Waals surface area contributed by atoms with E-state index in [1.807, 2.05) is 30.3 Å². The van der Waals surface area contributed by atoms with E-state index in [-0.39, 0.29) is 11.3 Å². The van der Waals surface area contributed by atoms with E-state index < -0.39 is 0 Å². The molecule has 0 N–H and O–H groups in total. The van der Waals surface area contributed by atoms with Crippen LogP contribution in [0.4, 0.5) is 0 Å². The Kier molecular flexibility index (Phi) is 5.73. The van der Waals surface area contributed by atoms with Crippen molar-refractivity contribution in [3.05, 3.63) is 78.0 Å². The molecule has 2 fully saturated rings. The SMILES string of the molecule is O=C(c1cnc2ccccc2c1)N1CC[C@]2(CCCN(CCCc3ccccc3)C2)C1. The van der Waals surface area contributed by atoms with Gasteiger partial charge in [0.25, 0.3) is 5.91 Å². The minimum absolute atomic E-state index is 0.135. The van der Waals surface area contributed by atoms with Crippen molar-refractivity contribution in [3.63, 3.8) is 0 Å². The number of amides is 1. The van der Waals surface area contributed by atoms with Crippen molar-refractivity contribution in [2.75, 3.05) is 32.7 Å². The number of aryl methyl sites for hydroxylation is 1. The highest BCUT2D eigenvalue weighted by Gasteiger charge is 2.42. The molecule has 31 heavy (non-hydrogen) atoms. The Morgan fingerprint density at radius 1 is 0.968 bits per heavy atom. The molecule has 1 spiro atoms. The van der Waals surface area contributed by atoms with Crippen molar-refractivity contribution in [2.45, 2.75) is 32.1 Å². The van der Waals surface area contributed by atoms with Crippen LogP contribution in [0, 0.1) is 5.41 Å². The Balaban J connectivity index is 1.19. The predicted molar refractivity (Wildman–Crippen MR) is 125 cm³/mol. The number of carbonyl (C=O) groups is 1. The van der Waals surface area contributed by atoms with Crippen LogP contribution in [0.2, 0.25) is 0 Å². The molecule has 2 aliphatic heterocycles. The first-order valence-corrected chi connectivity index (χ1v) is 11.6. The van der Waals surface area contributed by atoms with Gasteiger partial charge in [-0.2, -0.15) is 0 Å². The number of carbonyl (C=O) groups excluding carboxylic acids is 1. The van der Waals surface area contributed by atoms with E-state index in [1.54, 1.807) is 6.20 Å². The van der Waals surface area contributed by atoms with Crippen LogP contribution in [-0.4, -0.2) is 53.4 Å². The lowest BCUT2D eigenvalue weighted by molar-refractivity contribution is 0.0688. The van der Waals surface area contributed by atoms with E-state index in [1.165, 1.54) is 31.4 Å². The van der Waals surface area contributed by atoms with Crippen molar-refractivity contribution in [3.8, 4) is 0 Å². The molecule has 1 amide bonds. The van der Waals surface area contributed by atoms with Crippen molar-refractivity contribution in [1.82, 2.24) is 14.8 Å². The molecule has 1 aromatic heterocycles. The molecule has 1 atom stereocenters. The molecule has 4 nitrogen and oxygen atoms in total. The average molecular weight is 414 g/mol. The van der Waals surface area contributed by atoms with E-state index >= 15 is 0 Å². The molecule has 3 heterocycles. The summed E-state index contributed by atoms with van der Waals surface area (Å²) in [5.41, 5.74) is 3.35. The van der Waals surface area contributed by atoms with Gasteiger partial charge in [0.15, 0.2) is 0 Å². The van der Waals surface area contributed by atoms with Crippen molar-refractivity contribution in [1.29, 1.82) is 0 Å². The fourth-order valence-corrected chi connectivity index (χ4v) is 5.46. The molecular formula is C27H31N3O. The summed E-state index contributed by atoms with van der Waals surface area (Å²) in [5, 5.41) is 1.03. The molecule has 0 unspecified atom stereocenters. The number of rotatable bonds is 5. The monoisotopic (exact) mass is 413 g/mol. The van der Waals surface area contributed by atoms with Crippen LogP contribution >= 0.6 is 0 Å². The third-order valence-electron chi connectivity index (χ3n) is 7.09. The second-order valence-corrected chi connectivity index (χ2v) is 9.36. The maximum Gasteiger partial charge on any atom is 0.255 e. The summed E-state index contributed by atoms with van der Waals surface area (Å²) in [7, 11) is 0. The first-order chi connectivity index (χ1) is 15.2. The van der Waals surface area contributed by atoms with Gasteiger partial charge in [0, 0.05) is 36.6 Å². The van der Waals surface area contributed by atoms with Gasteiger partial charge in [-0.25, -0.2) is 0 Å². The highest BCUT2D eigenvalue weighted by molar-refractivity contribution is 5.97. The van der Waals surface area contributed by atoms with Crippen LogP contribution in [0.25, 0.3) is 10.9 Å². The number of aromatic nitrogens is 1. The lowest BCUT2D eigenvalue weighted by Crippen LogP contribution is -2.45. The number of piperidine rings is 1. The van der Waals surface area contributed by atoms with E-state index in [0.717, 1.165) is 49.9 Å². The Bertz CT molecular complexity index is 1050. The van der Waals surface area contributed by atoms with Gasteiger partial charge in [0.05, 0.1) is 11.1 Å². The van der Waals surface area contributed by atoms with Crippen LogP contribution in [-0.2, 0) is 6.42 Å². The Hall–Kier alpha value is -2.72. The number of pyridine rings is 1. The summed E-state index contributed by atoms with van der Waals surface area (Å²) in [4.78, 5) is 22.4. The van der Waals surface area contributed by atoms with Crippen molar-refractivity contribution >= 4 is 16.8 Å². The van der Waals surface area contributed by atoms with Gasteiger partial charge in [-0.1, -0.05) is 48.5 Å². The van der Waals surface area contributed by atoms with Gasteiger partial charge in [-0.3, -0.25) is 9.78 Å². The number of hydrogen-bond acceptors (Lipinski definition) is 3. The van der Waals surface area contributed by atoms with Crippen LogP contribution in [0.15, 0.2) is 66.9 Å². The Morgan fingerprint density at radius 2 is 1.81 bits per heavy atom. The molecule has 4 heteroatoms. The first kappa shape index (κ1) is 20.2. The zero-order chi connectivity index (χ0) is 21.1. The molecule has 2 aromatic carbocycles. The third kappa shape index (κ3) is 4.49. The van der Waals surface area contributed by atoms with Crippen LogP contribution in [0.3, 0.4) is 0 Å². The molecule has 2 saturated heterocycles. The lowest BCUT2D eigenvalue weighted by atomic mass is 9.79. The average Bonchev–Trinajstić information content (AvgIpc) is 3.22. The van der Waals surface area contributed by atoms with Gasteiger partial charge in [-0.05, 0) is 62.9 Å². The number of benzene rings is 2.